The lowest BCUT2D eigenvalue weighted by atomic mass is 10.4. The van der Waals surface area contributed by atoms with E-state index in [1.807, 2.05) is 20.2 Å². The highest BCUT2D eigenvalue weighted by Crippen LogP contribution is 2.21. The van der Waals surface area contributed by atoms with Crippen molar-refractivity contribution in [2.24, 2.45) is 7.05 Å². The average molecular weight is 284 g/mol. The first-order chi connectivity index (χ1) is 7.58. The molecule has 0 saturated carbocycles. The second-order valence-corrected chi connectivity index (χ2v) is 4.11. The number of halogens is 1. The van der Waals surface area contributed by atoms with Gasteiger partial charge in [0.15, 0.2) is 5.82 Å². The van der Waals surface area contributed by atoms with E-state index in [-0.39, 0.29) is 5.56 Å². The van der Waals surface area contributed by atoms with Crippen LogP contribution < -0.4 is 10.9 Å². The maximum absolute atomic E-state index is 11.3. The van der Waals surface area contributed by atoms with Crippen LogP contribution in [0.25, 0.3) is 0 Å². The van der Waals surface area contributed by atoms with Crippen LogP contribution in [-0.2, 0) is 7.05 Å². The Morgan fingerprint density at radius 2 is 2.31 bits per heavy atom. The molecule has 0 aliphatic rings. The van der Waals surface area contributed by atoms with E-state index in [4.69, 9.17) is 0 Å². The standard InChI is InChI=1S/C9H10BrN5O/c1-5-6(3-15(2)14-5)13-8-7(10)9(16)12-4-11-8/h3-4H,1-2H3,(H2,11,12,13,16). The first kappa shape index (κ1) is 10.9. The predicted octanol–water partition coefficient (Wildman–Crippen LogP) is 1.32. The van der Waals surface area contributed by atoms with Gasteiger partial charge in [-0.1, -0.05) is 0 Å². The first-order valence-corrected chi connectivity index (χ1v) is 5.37. The van der Waals surface area contributed by atoms with Gasteiger partial charge in [-0.25, -0.2) is 4.98 Å². The number of nitrogens with zero attached hydrogens (tertiary/aromatic N) is 3. The molecule has 2 aromatic heterocycles. The minimum atomic E-state index is -0.223. The number of anilines is 2. The number of rotatable bonds is 2. The third kappa shape index (κ3) is 1.99. The van der Waals surface area contributed by atoms with Crippen molar-refractivity contribution in [2.75, 3.05) is 5.32 Å². The monoisotopic (exact) mass is 283 g/mol. The van der Waals surface area contributed by atoms with Gasteiger partial charge in [0.05, 0.1) is 17.7 Å². The van der Waals surface area contributed by atoms with E-state index < -0.39 is 0 Å². The fraction of sp³-hybridized carbons (Fsp3) is 0.222. The summed E-state index contributed by atoms with van der Waals surface area (Å²) in [5.41, 5.74) is 1.44. The lowest BCUT2D eigenvalue weighted by molar-refractivity contribution is 0.756. The largest absolute Gasteiger partial charge is 0.336 e. The van der Waals surface area contributed by atoms with Crippen molar-refractivity contribution in [2.45, 2.75) is 6.92 Å². The normalized spacial score (nSPS) is 10.4. The summed E-state index contributed by atoms with van der Waals surface area (Å²) in [5.74, 6) is 0.472. The summed E-state index contributed by atoms with van der Waals surface area (Å²) in [6.07, 6.45) is 3.17. The van der Waals surface area contributed by atoms with E-state index in [1.54, 1.807) is 4.68 Å². The van der Waals surface area contributed by atoms with Crippen LogP contribution in [0, 0.1) is 6.92 Å². The maximum atomic E-state index is 11.3. The number of hydrogen-bond acceptors (Lipinski definition) is 4. The molecule has 2 N–H and O–H groups in total. The zero-order chi connectivity index (χ0) is 11.7. The minimum Gasteiger partial charge on any atom is -0.336 e. The van der Waals surface area contributed by atoms with E-state index in [9.17, 15) is 4.79 Å². The van der Waals surface area contributed by atoms with Gasteiger partial charge in [0.25, 0.3) is 5.56 Å². The average Bonchev–Trinajstić information content (AvgIpc) is 2.53. The van der Waals surface area contributed by atoms with Crippen LogP contribution in [0.1, 0.15) is 5.69 Å². The molecule has 0 unspecified atom stereocenters. The van der Waals surface area contributed by atoms with Gasteiger partial charge in [0.1, 0.15) is 4.47 Å². The van der Waals surface area contributed by atoms with Gasteiger partial charge < -0.3 is 10.3 Å². The molecule has 0 saturated heterocycles. The minimum absolute atomic E-state index is 0.223. The summed E-state index contributed by atoms with van der Waals surface area (Å²) in [6.45, 7) is 1.88. The molecule has 0 amide bonds. The SMILES string of the molecule is Cc1nn(C)cc1Nc1nc[nH]c(=O)c1Br. The zero-order valence-electron chi connectivity index (χ0n) is 8.78. The Bertz CT molecular complexity index is 574. The highest BCUT2D eigenvalue weighted by Gasteiger charge is 2.08. The fourth-order valence-corrected chi connectivity index (χ4v) is 1.64. The molecule has 16 heavy (non-hydrogen) atoms. The van der Waals surface area contributed by atoms with Crippen molar-refractivity contribution in [3.8, 4) is 0 Å². The van der Waals surface area contributed by atoms with Gasteiger partial charge in [-0.2, -0.15) is 5.10 Å². The van der Waals surface area contributed by atoms with Crippen LogP contribution in [-0.4, -0.2) is 19.7 Å². The van der Waals surface area contributed by atoms with Crippen LogP contribution >= 0.6 is 15.9 Å². The highest BCUT2D eigenvalue weighted by atomic mass is 79.9. The molecule has 0 fully saturated rings. The van der Waals surface area contributed by atoms with Crippen molar-refractivity contribution in [1.82, 2.24) is 19.7 Å². The highest BCUT2D eigenvalue weighted by molar-refractivity contribution is 9.10. The molecular weight excluding hydrogens is 274 g/mol. The third-order valence-electron chi connectivity index (χ3n) is 2.06. The molecule has 0 aromatic carbocycles. The Kier molecular flexibility index (Phi) is 2.78. The summed E-state index contributed by atoms with van der Waals surface area (Å²) in [5, 5.41) is 7.23. The molecule has 0 aliphatic carbocycles. The van der Waals surface area contributed by atoms with Crippen molar-refractivity contribution in [1.29, 1.82) is 0 Å². The summed E-state index contributed by atoms with van der Waals surface area (Å²) in [7, 11) is 1.83. The van der Waals surface area contributed by atoms with Crippen molar-refractivity contribution < 1.29 is 0 Å². The molecular formula is C9H10BrN5O. The van der Waals surface area contributed by atoms with Gasteiger partial charge in [-0.05, 0) is 22.9 Å². The summed E-state index contributed by atoms with van der Waals surface area (Å²) >= 11 is 3.17. The zero-order valence-corrected chi connectivity index (χ0v) is 10.4. The molecule has 0 bridgehead atoms. The van der Waals surface area contributed by atoms with E-state index in [2.05, 4.69) is 36.3 Å². The first-order valence-electron chi connectivity index (χ1n) is 4.58. The lowest BCUT2D eigenvalue weighted by Gasteiger charge is -2.04. The van der Waals surface area contributed by atoms with Crippen LogP contribution in [0.15, 0.2) is 21.8 Å². The Morgan fingerprint density at radius 1 is 1.56 bits per heavy atom. The van der Waals surface area contributed by atoms with Crippen molar-refractivity contribution >= 4 is 27.4 Å². The fourth-order valence-electron chi connectivity index (χ4n) is 1.32. The Hall–Kier alpha value is -1.63. The molecule has 0 spiro atoms. The number of hydrogen-bond donors (Lipinski definition) is 2. The molecule has 84 valence electrons. The van der Waals surface area contributed by atoms with E-state index in [0.29, 0.717) is 10.3 Å². The van der Waals surface area contributed by atoms with Crippen LogP contribution in [0.4, 0.5) is 11.5 Å². The Labute approximate surface area is 99.8 Å². The number of nitrogens with one attached hydrogen (secondary N) is 2. The molecule has 2 rings (SSSR count). The van der Waals surface area contributed by atoms with E-state index >= 15 is 0 Å². The van der Waals surface area contributed by atoms with Gasteiger partial charge in [-0.15, -0.1) is 0 Å². The molecule has 6 nitrogen and oxygen atoms in total. The van der Waals surface area contributed by atoms with Crippen LogP contribution in [0.3, 0.4) is 0 Å². The lowest BCUT2D eigenvalue weighted by Crippen LogP contribution is -2.10. The van der Waals surface area contributed by atoms with Crippen LogP contribution in [0.2, 0.25) is 0 Å². The predicted molar refractivity (Wildman–Crippen MR) is 63.8 cm³/mol. The number of aromatic nitrogens is 4. The van der Waals surface area contributed by atoms with Crippen molar-refractivity contribution in [3.63, 3.8) is 0 Å². The van der Waals surface area contributed by atoms with Gasteiger partial charge >= 0.3 is 0 Å². The molecule has 0 atom stereocenters. The molecule has 0 radical (unpaired) electrons. The number of aryl methyl sites for hydroxylation is 2. The summed E-state index contributed by atoms with van der Waals surface area (Å²) in [6, 6.07) is 0. The van der Waals surface area contributed by atoms with Crippen molar-refractivity contribution in [3.05, 3.63) is 33.0 Å². The molecule has 0 aliphatic heterocycles. The molecule has 2 heterocycles. The maximum Gasteiger partial charge on any atom is 0.267 e. The Balaban J connectivity index is 2.38. The number of H-pyrrole nitrogens is 1. The summed E-state index contributed by atoms with van der Waals surface area (Å²) < 4.78 is 2.07. The number of aromatic amines is 1. The smallest absolute Gasteiger partial charge is 0.267 e. The van der Waals surface area contributed by atoms with E-state index in [0.717, 1.165) is 11.4 Å². The second kappa shape index (κ2) is 4.09. The van der Waals surface area contributed by atoms with Gasteiger partial charge in [0, 0.05) is 13.2 Å². The second-order valence-electron chi connectivity index (χ2n) is 3.32. The van der Waals surface area contributed by atoms with Crippen LogP contribution in [0.5, 0.6) is 0 Å². The molecule has 2 aromatic rings. The summed E-state index contributed by atoms with van der Waals surface area (Å²) in [4.78, 5) is 17.8. The Morgan fingerprint density at radius 3 is 2.94 bits per heavy atom. The van der Waals surface area contributed by atoms with Gasteiger partial charge in [0.2, 0.25) is 0 Å². The van der Waals surface area contributed by atoms with Gasteiger partial charge in [-0.3, -0.25) is 9.48 Å². The quantitative estimate of drug-likeness (QED) is 0.872. The van der Waals surface area contributed by atoms with E-state index in [1.165, 1.54) is 6.33 Å². The molecule has 7 heteroatoms. The topological polar surface area (TPSA) is 75.6 Å². The third-order valence-corrected chi connectivity index (χ3v) is 2.80.